The van der Waals surface area contributed by atoms with Crippen LogP contribution >= 0.6 is 11.6 Å². The van der Waals surface area contributed by atoms with Crippen molar-refractivity contribution < 1.29 is 8.42 Å². The summed E-state index contributed by atoms with van der Waals surface area (Å²) < 4.78 is 28.2. The maximum atomic E-state index is 12.7. The van der Waals surface area contributed by atoms with Gasteiger partial charge in [-0.3, -0.25) is 9.58 Å². The van der Waals surface area contributed by atoms with Crippen molar-refractivity contribution in [2.24, 2.45) is 7.05 Å². The summed E-state index contributed by atoms with van der Waals surface area (Å²) >= 11 is 5.97. The number of nitrogens with zero attached hydrogens (tertiary/aromatic N) is 4. The molecule has 1 atom stereocenters. The molecule has 0 aromatic carbocycles. The van der Waals surface area contributed by atoms with Crippen molar-refractivity contribution in [2.75, 3.05) is 39.3 Å². The summed E-state index contributed by atoms with van der Waals surface area (Å²) in [6, 6.07) is 0.537. The lowest BCUT2D eigenvalue weighted by Crippen LogP contribution is -2.52. The lowest BCUT2D eigenvalue weighted by atomic mass is 10.2. The van der Waals surface area contributed by atoms with Crippen LogP contribution in [0, 0.1) is 0 Å². The highest BCUT2D eigenvalue weighted by Gasteiger charge is 2.34. The first-order chi connectivity index (χ1) is 10.00. The van der Waals surface area contributed by atoms with Crippen molar-refractivity contribution >= 4 is 21.6 Å². The smallest absolute Gasteiger partial charge is 0.261 e. The van der Waals surface area contributed by atoms with Crippen molar-refractivity contribution in [1.82, 2.24) is 24.3 Å². The molecule has 1 unspecified atom stereocenters. The molecule has 0 saturated carbocycles. The number of piperazine rings is 1. The lowest BCUT2D eigenvalue weighted by Gasteiger charge is -2.37. The normalized spacial score (nSPS) is 25.5. The number of aromatic nitrogens is 2. The molecule has 1 aromatic heterocycles. The van der Waals surface area contributed by atoms with Gasteiger partial charge in [0.05, 0.1) is 11.2 Å². The Hall–Kier alpha value is -0.670. The molecule has 2 fully saturated rings. The van der Waals surface area contributed by atoms with E-state index in [2.05, 4.69) is 15.3 Å². The number of sulfonamides is 1. The first-order valence-electron chi connectivity index (χ1n) is 7.12. The molecule has 2 aliphatic heterocycles. The number of halogens is 1. The number of nitrogens with one attached hydrogen (secondary N) is 1. The third kappa shape index (κ3) is 2.83. The summed E-state index contributed by atoms with van der Waals surface area (Å²) in [5.74, 6) is 0. The summed E-state index contributed by atoms with van der Waals surface area (Å²) in [5.41, 5.74) is 0. The van der Waals surface area contributed by atoms with Crippen molar-refractivity contribution in [3.8, 4) is 0 Å². The van der Waals surface area contributed by atoms with Gasteiger partial charge >= 0.3 is 0 Å². The zero-order chi connectivity index (χ0) is 15.0. The second kappa shape index (κ2) is 5.85. The molecule has 0 amide bonds. The summed E-state index contributed by atoms with van der Waals surface area (Å²) in [6.45, 7) is 4.58. The minimum absolute atomic E-state index is 0.0835. The Bertz CT molecular complexity index is 584. The van der Waals surface area contributed by atoms with Gasteiger partial charge in [0.1, 0.15) is 0 Å². The van der Waals surface area contributed by atoms with Crippen molar-refractivity contribution in [1.29, 1.82) is 0 Å². The largest absolute Gasteiger partial charge is 0.315 e. The van der Waals surface area contributed by atoms with Gasteiger partial charge in [0.25, 0.3) is 10.0 Å². The molecular formula is C12H20ClN5O2S. The average Bonchev–Trinajstić information content (AvgIpc) is 3.09. The predicted octanol–water partition coefficient (Wildman–Crippen LogP) is -0.258. The quantitative estimate of drug-likeness (QED) is 0.825. The van der Waals surface area contributed by atoms with Crippen LogP contribution in [-0.2, 0) is 17.1 Å². The van der Waals surface area contributed by atoms with Crippen LogP contribution in [0.2, 0.25) is 5.02 Å². The molecular weight excluding hydrogens is 314 g/mol. The van der Waals surface area contributed by atoms with E-state index in [-0.39, 0.29) is 10.0 Å². The summed E-state index contributed by atoms with van der Waals surface area (Å²) in [7, 11) is -1.97. The van der Waals surface area contributed by atoms with E-state index in [0.717, 1.165) is 32.6 Å². The fourth-order valence-electron chi connectivity index (χ4n) is 3.07. The Kier molecular flexibility index (Phi) is 4.24. The molecule has 0 bridgehead atoms. The number of aryl methyl sites for hydroxylation is 1. The second-order valence-corrected chi connectivity index (χ2v) is 7.77. The Morgan fingerprint density at radius 1 is 1.33 bits per heavy atom. The highest BCUT2D eigenvalue weighted by molar-refractivity contribution is 7.89. The van der Waals surface area contributed by atoms with Gasteiger partial charge in [-0.15, -0.1) is 0 Å². The van der Waals surface area contributed by atoms with Crippen LogP contribution in [-0.4, -0.2) is 72.7 Å². The molecule has 9 heteroatoms. The minimum Gasteiger partial charge on any atom is -0.315 e. The summed E-state index contributed by atoms with van der Waals surface area (Å²) in [4.78, 5) is 2.37. The van der Waals surface area contributed by atoms with Gasteiger partial charge in [-0.05, 0) is 13.0 Å². The number of rotatable bonds is 3. The second-order valence-electron chi connectivity index (χ2n) is 5.51. The molecule has 118 valence electrons. The lowest BCUT2D eigenvalue weighted by molar-refractivity contribution is 0.145. The molecule has 1 N–H and O–H groups in total. The average molecular weight is 334 g/mol. The summed E-state index contributed by atoms with van der Waals surface area (Å²) in [6.07, 6.45) is 2.51. The van der Waals surface area contributed by atoms with E-state index in [4.69, 9.17) is 11.6 Å². The van der Waals surface area contributed by atoms with Crippen LogP contribution in [0.15, 0.2) is 11.2 Å². The third-order valence-corrected chi connectivity index (χ3v) is 6.66. The van der Waals surface area contributed by atoms with Gasteiger partial charge in [-0.25, -0.2) is 8.42 Å². The molecule has 1 aromatic rings. The highest BCUT2D eigenvalue weighted by Crippen LogP contribution is 2.25. The molecule has 2 aliphatic rings. The van der Waals surface area contributed by atoms with Gasteiger partial charge in [-0.1, -0.05) is 11.6 Å². The van der Waals surface area contributed by atoms with Crippen LogP contribution in [0.25, 0.3) is 0 Å². The van der Waals surface area contributed by atoms with E-state index >= 15 is 0 Å². The van der Waals surface area contributed by atoms with Gasteiger partial charge in [0.2, 0.25) is 0 Å². The molecule has 21 heavy (non-hydrogen) atoms. The number of hydrogen-bond acceptors (Lipinski definition) is 5. The van der Waals surface area contributed by atoms with Gasteiger partial charge in [0.15, 0.2) is 5.03 Å². The predicted molar refractivity (Wildman–Crippen MR) is 79.8 cm³/mol. The van der Waals surface area contributed by atoms with E-state index < -0.39 is 10.0 Å². The standard InChI is InChI=1S/C12H20ClN5O2S/c1-16-12(11(13)9-15-16)21(19,20)18-6-4-17(5-7-18)10-2-3-14-8-10/h9-10,14H,2-8H2,1H3. The van der Waals surface area contributed by atoms with Crippen LogP contribution in [0.5, 0.6) is 0 Å². The Morgan fingerprint density at radius 3 is 2.57 bits per heavy atom. The van der Waals surface area contributed by atoms with Crippen LogP contribution in [0.3, 0.4) is 0 Å². The maximum absolute atomic E-state index is 12.7. The van der Waals surface area contributed by atoms with E-state index in [1.807, 2.05) is 0 Å². The monoisotopic (exact) mass is 333 g/mol. The third-order valence-electron chi connectivity index (χ3n) is 4.25. The topological polar surface area (TPSA) is 70.5 Å². The zero-order valence-corrected chi connectivity index (χ0v) is 13.6. The molecule has 0 spiro atoms. The molecule has 2 saturated heterocycles. The van der Waals surface area contributed by atoms with E-state index in [9.17, 15) is 8.42 Å². The SMILES string of the molecule is Cn1ncc(Cl)c1S(=O)(=O)N1CCN(C2CCNC2)CC1. The molecule has 3 rings (SSSR count). The fourth-order valence-corrected chi connectivity index (χ4v) is 5.10. The minimum atomic E-state index is -3.57. The van der Waals surface area contributed by atoms with Crippen LogP contribution < -0.4 is 5.32 Å². The Morgan fingerprint density at radius 2 is 2.05 bits per heavy atom. The van der Waals surface area contributed by atoms with Gasteiger partial charge in [0, 0.05) is 45.8 Å². The Labute approximate surface area is 129 Å². The molecule has 0 radical (unpaired) electrons. The highest BCUT2D eigenvalue weighted by atomic mass is 35.5. The molecule has 0 aliphatic carbocycles. The van der Waals surface area contributed by atoms with E-state index in [0.29, 0.717) is 19.1 Å². The van der Waals surface area contributed by atoms with Crippen molar-refractivity contribution in [3.05, 3.63) is 11.2 Å². The maximum Gasteiger partial charge on any atom is 0.261 e. The van der Waals surface area contributed by atoms with Crippen molar-refractivity contribution in [2.45, 2.75) is 17.5 Å². The zero-order valence-electron chi connectivity index (χ0n) is 12.0. The van der Waals surface area contributed by atoms with Gasteiger partial charge in [-0.2, -0.15) is 9.40 Å². The molecule has 7 nitrogen and oxygen atoms in total. The van der Waals surface area contributed by atoms with E-state index in [1.165, 1.54) is 15.2 Å². The fraction of sp³-hybridized carbons (Fsp3) is 0.750. The van der Waals surface area contributed by atoms with E-state index in [1.54, 1.807) is 7.05 Å². The number of hydrogen-bond donors (Lipinski definition) is 1. The van der Waals surface area contributed by atoms with Crippen LogP contribution in [0.4, 0.5) is 0 Å². The molecule has 3 heterocycles. The van der Waals surface area contributed by atoms with Gasteiger partial charge < -0.3 is 5.32 Å². The summed E-state index contributed by atoms with van der Waals surface area (Å²) in [5, 5.41) is 7.53. The first kappa shape index (κ1) is 15.2. The van der Waals surface area contributed by atoms with Crippen LogP contribution in [0.1, 0.15) is 6.42 Å². The van der Waals surface area contributed by atoms with Crippen molar-refractivity contribution in [3.63, 3.8) is 0 Å². The Balaban J connectivity index is 1.71. The first-order valence-corrected chi connectivity index (χ1v) is 8.94.